The van der Waals surface area contributed by atoms with Crippen molar-refractivity contribution in [2.75, 3.05) is 6.61 Å². The Hall–Kier alpha value is 0.297. The minimum atomic E-state index is -2.38. The summed E-state index contributed by atoms with van der Waals surface area (Å²) in [6.07, 6.45) is 20.3. The summed E-state index contributed by atoms with van der Waals surface area (Å²) in [6.45, 7) is 3.90. The van der Waals surface area contributed by atoms with Gasteiger partial charge in [-0.3, -0.25) is 0 Å². The van der Waals surface area contributed by atoms with Crippen molar-refractivity contribution in [3.05, 3.63) is 12.7 Å². The van der Waals surface area contributed by atoms with Crippen molar-refractivity contribution < 1.29 is 9.53 Å². The summed E-state index contributed by atoms with van der Waals surface area (Å²) in [6, 6.07) is -1.57. The second-order valence-corrected chi connectivity index (χ2v) is 16.3. The van der Waals surface area contributed by atoms with Gasteiger partial charge in [-0.05, 0) is 12.5 Å². The lowest BCUT2D eigenvalue weighted by atomic mass is 10.0. The van der Waals surface area contributed by atoms with Crippen LogP contribution in [0.1, 0.15) is 96.3 Å². The van der Waals surface area contributed by atoms with Crippen LogP contribution in [0.3, 0.4) is 0 Å². The normalized spacial score (nSPS) is 11.5. The smallest absolute Gasteiger partial charge is 0.341 e. The van der Waals surface area contributed by atoms with Crippen LogP contribution in [0.25, 0.3) is 0 Å². The van der Waals surface area contributed by atoms with E-state index in [1.165, 1.54) is 83.1 Å². The van der Waals surface area contributed by atoms with Gasteiger partial charge in [0.15, 0.2) is 0 Å². The van der Waals surface area contributed by atoms with Crippen LogP contribution in [-0.2, 0) is 9.53 Å². The molecule has 0 aliphatic heterocycles. The zero-order chi connectivity index (χ0) is 19.5. The van der Waals surface area contributed by atoms with Crippen molar-refractivity contribution in [2.45, 2.75) is 102 Å². The average molecular weight is 444 g/mol. The number of hydrogen-bond acceptors (Lipinski definition) is 2. The Balaban J connectivity index is 3.07. The fourth-order valence-corrected chi connectivity index (χ4v) is 4.81. The molecule has 0 N–H and O–H groups in total. The SMILES string of the molecule is C=CC(=O)OCCCCCCCCCCCCCCCCC[Si](Cl)(Cl)Cl. The Morgan fingerprint density at radius 1 is 0.692 bits per heavy atom. The van der Waals surface area contributed by atoms with Crippen LogP contribution in [0.5, 0.6) is 0 Å². The lowest BCUT2D eigenvalue weighted by Crippen LogP contribution is -2.07. The van der Waals surface area contributed by atoms with E-state index in [4.69, 9.17) is 38.0 Å². The van der Waals surface area contributed by atoms with Gasteiger partial charge in [-0.1, -0.05) is 96.5 Å². The predicted molar refractivity (Wildman–Crippen MR) is 119 cm³/mol. The first-order chi connectivity index (χ1) is 12.5. The van der Waals surface area contributed by atoms with Crippen molar-refractivity contribution in [1.82, 2.24) is 0 Å². The van der Waals surface area contributed by atoms with E-state index < -0.39 is 6.00 Å². The van der Waals surface area contributed by atoms with E-state index in [0.29, 0.717) is 6.61 Å². The molecule has 6 heteroatoms. The van der Waals surface area contributed by atoms with Crippen molar-refractivity contribution >= 4 is 45.2 Å². The number of esters is 1. The molecule has 154 valence electrons. The predicted octanol–water partition coefficient (Wildman–Crippen LogP) is 8.22. The number of rotatable bonds is 19. The van der Waals surface area contributed by atoms with Crippen LogP contribution >= 0.6 is 33.2 Å². The zero-order valence-corrected chi connectivity index (χ0v) is 19.5. The first-order valence-corrected chi connectivity index (χ1v) is 15.6. The van der Waals surface area contributed by atoms with E-state index in [0.717, 1.165) is 25.3 Å². The Morgan fingerprint density at radius 2 is 1.04 bits per heavy atom. The molecule has 0 saturated carbocycles. The Kier molecular flexibility index (Phi) is 18.9. The molecule has 0 aromatic heterocycles. The third-order valence-corrected chi connectivity index (χ3v) is 7.14. The van der Waals surface area contributed by atoms with Crippen LogP contribution in [0.2, 0.25) is 6.04 Å². The maximum atomic E-state index is 10.9. The molecule has 0 spiro atoms. The summed E-state index contributed by atoms with van der Waals surface area (Å²) in [5.41, 5.74) is 0. The summed E-state index contributed by atoms with van der Waals surface area (Å²) < 4.78 is 4.95. The van der Waals surface area contributed by atoms with Gasteiger partial charge in [0.05, 0.1) is 6.61 Å². The highest BCUT2D eigenvalue weighted by atomic mass is 35.8. The van der Waals surface area contributed by atoms with Gasteiger partial charge in [-0.25, -0.2) is 4.79 Å². The first kappa shape index (κ1) is 26.3. The fraction of sp³-hybridized carbons (Fsp3) is 0.850. The molecule has 0 radical (unpaired) electrons. The van der Waals surface area contributed by atoms with Gasteiger partial charge in [0.2, 0.25) is 0 Å². The Labute approximate surface area is 176 Å². The second-order valence-electron chi connectivity index (χ2n) is 7.04. The molecule has 0 amide bonds. The second kappa shape index (κ2) is 18.7. The van der Waals surface area contributed by atoms with Crippen molar-refractivity contribution in [2.24, 2.45) is 0 Å². The van der Waals surface area contributed by atoms with E-state index >= 15 is 0 Å². The van der Waals surface area contributed by atoms with Gasteiger partial charge in [-0.2, -0.15) is 0 Å². The molecule has 0 bridgehead atoms. The number of halogens is 3. The topological polar surface area (TPSA) is 26.3 Å². The number of ether oxygens (including phenoxy) is 1. The van der Waals surface area contributed by atoms with Gasteiger partial charge in [0.25, 0.3) is 0 Å². The standard InChI is InChI=1S/C20H37Cl3O2Si/c1-2-20(24)25-18-16-14-12-10-8-6-4-3-5-7-9-11-13-15-17-19-26(21,22)23/h2H,1,3-19H2. The molecule has 0 aliphatic rings. The number of hydrogen-bond donors (Lipinski definition) is 0. The van der Waals surface area contributed by atoms with Crippen molar-refractivity contribution in [3.8, 4) is 0 Å². The molecule has 26 heavy (non-hydrogen) atoms. The molecule has 0 unspecified atom stereocenters. The molecule has 0 aromatic rings. The fourth-order valence-electron chi connectivity index (χ4n) is 2.96. The highest BCUT2D eigenvalue weighted by Crippen LogP contribution is 2.27. The van der Waals surface area contributed by atoms with Crippen molar-refractivity contribution in [3.63, 3.8) is 0 Å². The molecule has 2 nitrogen and oxygen atoms in total. The third-order valence-electron chi connectivity index (χ3n) is 4.52. The highest BCUT2D eigenvalue weighted by Gasteiger charge is 2.23. The van der Waals surface area contributed by atoms with Crippen LogP contribution < -0.4 is 0 Å². The van der Waals surface area contributed by atoms with Crippen LogP contribution in [0.15, 0.2) is 12.7 Å². The lowest BCUT2D eigenvalue weighted by molar-refractivity contribution is -0.137. The van der Waals surface area contributed by atoms with E-state index in [1.807, 2.05) is 0 Å². The van der Waals surface area contributed by atoms with Gasteiger partial charge < -0.3 is 4.74 Å². The number of carbonyl (C=O) groups excluding carboxylic acids is 1. The monoisotopic (exact) mass is 442 g/mol. The number of unbranched alkanes of at least 4 members (excludes halogenated alkanes) is 14. The highest BCUT2D eigenvalue weighted by molar-refractivity contribution is 7.64. The molecule has 0 atom stereocenters. The number of carbonyl (C=O) groups is 1. The van der Waals surface area contributed by atoms with Gasteiger partial charge in [0, 0.05) is 6.08 Å². The van der Waals surface area contributed by atoms with E-state index in [9.17, 15) is 4.79 Å². The van der Waals surface area contributed by atoms with E-state index in [-0.39, 0.29) is 5.97 Å². The molecule has 0 aromatic carbocycles. The minimum absolute atomic E-state index is 0.313. The Morgan fingerprint density at radius 3 is 1.38 bits per heavy atom. The van der Waals surface area contributed by atoms with Crippen molar-refractivity contribution in [1.29, 1.82) is 0 Å². The summed E-state index contributed by atoms with van der Waals surface area (Å²) in [4.78, 5) is 10.9. The van der Waals surface area contributed by atoms with Gasteiger partial charge >= 0.3 is 12.0 Å². The van der Waals surface area contributed by atoms with Crippen LogP contribution in [0, 0.1) is 0 Å². The van der Waals surface area contributed by atoms with Gasteiger partial charge in [-0.15, -0.1) is 33.2 Å². The molecule has 0 fully saturated rings. The molecule has 0 heterocycles. The minimum Gasteiger partial charge on any atom is -0.463 e. The zero-order valence-electron chi connectivity index (χ0n) is 16.3. The maximum absolute atomic E-state index is 10.9. The summed E-state index contributed by atoms with van der Waals surface area (Å²) >= 11 is 17.6. The molecular weight excluding hydrogens is 407 g/mol. The molecule has 0 aliphatic carbocycles. The quantitative estimate of drug-likeness (QED) is 0.0660. The molecule has 0 rings (SSSR count). The molecule has 0 saturated heterocycles. The summed E-state index contributed by atoms with van der Waals surface area (Å²) in [5.74, 6) is -0.313. The molecular formula is C20H37Cl3O2Si. The van der Waals surface area contributed by atoms with E-state index in [2.05, 4.69) is 6.58 Å². The summed E-state index contributed by atoms with van der Waals surface area (Å²) in [7, 11) is 0. The largest absolute Gasteiger partial charge is 0.463 e. The summed E-state index contributed by atoms with van der Waals surface area (Å²) in [5, 5.41) is 0. The lowest BCUT2D eigenvalue weighted by Gasteiger charge is -2.07. The Bertz CT molecular complexity index is 346. The van der Waals surface area contributed by atoms with Gasteiger partial charge in [0.1, 0.15) is 0 Å². The maximum Gasteiger partial charge on any atom is 0.341 e. The first-order valence-electron chi connectivity index (χ1n) is 10.3. The average Bonchev–Trinajstić information content (AvgIpc) is 2.59. The third kappa shape index (κ3) is 22.3. The van der Waals surface area contributed by atoms with Crippen LogP contribution in [0.4, 0.5) is 0 Å². The van der Waals surface area contributed by atoms with Crippen LogP contribution in [-0.4, -0.2) is 18.6 Å². The van der Waals surface area contributed by atoms with E-state index in [1.54, 1.807) is 0 Å².